The monoisotopic (exact) mass is 253 g/mol. The molecule has 17 heavy (non-hydrogen) atoms. The molecule has 0 amide bonds. The lowest BCUT2D eigenvalue weighted by Crippen LogP contribution is -2.07. The molecular formula is C13H20ClN3. The molecule has 0 aromatic carbocycles. The Kier molecular flexibility index (Phi) is 4.60. The van der Waals surface area contributed by atoms with Gasteiger partial charge in [-0.15, -0.1) is 0 Å². The van der Waals surface area contributed by atoms with Crippen LogP contribution in [0.3, 0.4) is 0 Å². The van der Waals surface area contributed by atoms with E-state index in [0.717, 1.165) is 30.9 Å². The number of unbranched alkanes of at least 4 members (excludes halogenated alkanes) is 3. The van der Waals surface area contributed by atoms with Crippen LogP contribution < -0.4 is 5.32 Å². The highest BCUT2D eigenvalue weighted by atomic mass is 35.5. The van der Waals surface area contributed by atoms with Crippen LogP contribution in [0.1, 0.15) is 50.3 Å². The predicted octanol–water partition coefficient (Wildman–Crippen LogP) is 3.61. The van der Waals surface area contributed by atoms with Gasteiger partial charge in [0.05, 0.1) is 5.69 Å². The van der Waals surface area contributed by atoms with E-state index in [2.05, 4.69) is 22.2 Å². The van der Waals surface area contributed by atoms with Gasteiger partial charge in [-0.2, -0.15) is 0 Å². The second-order valence-electron chi connectivity index (χ2n) is 4.61. The van der Waals surface area contributed by atoms with E-state index in [1.807, 2.05) is 0 Å². The summed E-state index contributed by atoms with van der Waals surface area (Å²) in [6.07, 6.45) is 8.37. The summed E-state index contributed by atoms with van der Waals surface area (Å²) in [5.41, 5.74) is 2.42. The highest BCUT2D eigenvalue weighted by Gasteiger charge is 2.18. The molecular weight excluding hydrogens is 234 g/mol. The van der Waals surface area contributed by atoms with Crippen molar-refractivity contribution in [2.45, 2.75) is 51.9 Å². The average molecular weight is 254 g/mol. The van der Waals surface area contributed by atoms with Crippen LogP contribution in [0.5, 0.6) is 0 Å². The highest BCUT2D eigenvalue weighted by Crippen LogP contribution is 2.27. The summed E-state index contributed by atoms with van der Waals surface area (Å²) in [6.45, 7) is 3.21. The third kappa shape index (κ3) is 3.32. The first-order chi connectivity index (χ1) is 8.31. The van der Waals surface area contributed by atoms with Crippen LogP contribution in [0.2, 0.25) is 5.28 Å². The van der Waals surface area contributed by atoms with Gasteiger partial charge in [0.25, 0.3) is 0 Å². The molecule has 0 fully saturated rings. The Morgan fingerprint density at radius 1 is 1.18 bits per heavy atom. The van der Waals surface area contributed by atoms with E-state index < -0.39 is 0 Å². The smallest absolute Gasteiger partial charge is 0.224 e. The number of anilines is 1. The predicted molar refractivity (Wildman–Crippen MR) is 71.7 cm³/mol. The van der Waals surface area contributed by atoms with Crippen molar-refractivity contribution in [3.05, 3.63) is 16.5 Å². The summed E-state index contributed by atoms with van der Waals surface area (Å²) in [5.74, 6) is 0.967. The maximum absolute atomic E-state index is 5.93. The molecule has 0 unspecified atom stereocenters. The molecule has 1 aromatic rings. The highest BCUT2D eigenvalue weighted by molar-refractivity contribution is 6.28. The maximum atomic E-state index is 5.93. The third-order valence-electron chi connectivity index (χ3n) is 3.23. The van der Waals surface area contributed by atoms with Crippen LogP contribution in [0.15, 0.2) is 0 Å². The van der Waals surface area contributed by atoms with E-state index in [0.29, 0.717) is 5.28 Å². The largest absolute Gasteiger partial charge is 0.370 e. The molecule has 4 heteroatoms. The molecule has 1 aromatic heterocycles. The zero-order valence-corrected chi connectivity index (χ0v) is 11.2. The first kappa shape index (κ1) is 12.6. The standard InChI is InChI=1S/C13H20ClN3/c1-2-3-4-5-9-15-12-10-7-6-8-11(10)16-13(14)17-12/h2-9H2,1H3,(H,15,16,17). The number of hydrogen-bond acceptors (Lipinski definition) is 3. The zero-order chi connectivity index (χ0) is 12.1. The fourth-order valence-corrected chi connectivity index (χ4v) is 2.49. The van der Waals surface area contributed by atoms with E-state index in [9.17, 15) is 0 Å². The minimum atomic E-state index is 0.377. The van der Waals surface area contributed by atoms with E-state index in [1.165, 1.54) is 37.7 Å². The zero-order valence-electron chi connectivity index (χ0n) is 10.4. The number of nitrogens with zero attached hydrogens (tertiary/aromatic N) is 2. The molecule has 0 spiro atoms. The van der Waals surface area contributed by atoms with Crippen molar-refractivity contribution < 1.29 is 0 Å². The molecule has 1 aliphatic rings. The van der Waals surface area contributed by atoms with Gasteiger partial charge in [0.1, 0.15) is 5.82 Å². The summed E-state index contributed by atoms with van der Waals surface area (Å²) in [6, 6.07) is 0. The van der Waals surface area contributed by atoms with Crippen molar-refractivity contribution in [1.82, 2.24) is 9.97 Å². The molecule has 0 aliphatic heterocycles. The lowest BCUT2D eigenvalue weighted by molar-refractivity contribution is 0.684. The van der Waals surface area contributed by atoms with Gasteiger partial charge in [0, 0.05) is 12.1 Å². The molecule has 1 aliphatic carbocycles. The van der Waals surface area contributed by atoms with Crippen LogP contribution >= 0.6 is 11.6 Å². The number of hydrogen-bond donors (Lipinski definition) is 1. The van der Waals surface area contributed by atoms with Gasteiger partial charge in [0.2, 0.25) is 5.28 Å². The molecule has 94 valence electrons. The number of nitrogens with one attached hydrogen (secondary N) is 1. The first-order valence-electron chi connectivity index (χ1n) is 6.60. The molecule has 0 bridgehead atoms. The Morgan fingerprint density at radius 3 is 2.88 bits per heavy atom. The normalized spacial score (nSPS) is 13.8. The minimum absolute atomic E-state index is 0.377. The van der Waals surface area contributed by atoms with E-state index >= 15 is 0 Å². The Morgan fingerprint density at radius 2 is 2.06 bits per heavy atom. The van der Waals surface area contributed by atoms with Crippen molar-refractivity contribution in [3.63, 3.8) is 0 Å². The lowest BCUT2D eigenvalue weighted by atomic mass is 10.2. The fraction of sp³-hybridized carbons (Fsp3) is 0.692. The molecule has 0 radical (unpaired) electrons. The van der Waals surface area contributed by atoms with Crippen LogP contribution in [-0.2, 0) is 12.8 Å². The van der Waals surface area contributed by atoms with Crippen molar-refractivity contribution in [2.24, 2.45) is 0 Å². The summed E-state index contributed by atoms with van der Waals surface area (Å²) in [7, 11) is 0. The maximum Gasteiger partial charge on any atom is 0.224 e. The molecule has 3 nitrogen and oxygen atoms in total. The Hall–Kier alpha value is -0.830. The third-order valence-corrected chi connectivity index (χ3v) is 3.40. The van der Waals surface area contributed by atoms with Gasteiger partial charge in [0.15, 0.2) is 0 Å². The van der Waals surface area contributed by atoms with Gasteiger partial charge < -0.3 is 5.32 Å². The van der Waals surface area contributed by atoms with Crippen LogP contribution in [0.4, 0.5) is 5.82 Å². The van der Waals surface area contributed by atoms with Crippen molar-refractivity contribution in [2.75, 3.05) is 11.9 Å². The summed E-state index contributed by atoms with van der Waals surface area (Å²) >= 11 is 5.93. The van der Waals surface area contributed by atoms with Crippen LogP contribution in [0, 0.1) is 0 Å². The van der Waals surface area contributed by atoms with Crippen molar-refractivity contribution in [3.8, 4) is 0 Å². The second kappa shape index (κ2) is 6.20. The Balaban J connectivity index is 1.92. The number of rotatable bonds is 6. The molecule has 1 N–H and O–H groups in total. The molecule has 2 rings (SSSR count). The van der Waals surface area contributed by atoms with Crippen molar-refractivity contribution in [1.29, 1.82) is 0 Å². The Bertz CT molecular complexity index is 379. The van der Waals surface area contributed by atoms with E-state index in [1.54, 1.807) is 0 Å². The van der Waals surface area contributed by atoms with Crippen LogP contribution in [-0.4, -0.2) is 16.5 Å². The summed E-state index contributed by atoms with van der Waals surface area (Å²) in [5, 5.41) is 3.79. The molecule has 1 heterocycles. The topological polar surface area (TPSA) is 37.8 Å². The molecule has 0 saturated carbocycles. The second-order valence-corrected chi connectivity index (χ2v) is 4.95. The van der Waals surface area contributed by atoms with E-state index in [-0.39, 0.29) is 0 Å². The first-order valence-corrected chi connectivity index (χ1v) is 6.98. The SMILES string of the molecule is CCCCCCNc1nc(Cl)nc2c1CCC2. The van der Waals surface area contributed by atoms with Gasteiger partial charge in [-0.25, -0.2) is 9.97 Å². The van der Waals surface area contributed by atoms with Gasteiger partial charge in [-0.3, -0.25) is 0 Å². The Labute approximate surface area is 108 Å². The molecule has 0 atom stereocenters. The number of aromatic nitrogens is 2. The number of halogens is 1. The van der Waals surface area contributed by atoms with E-state index in [4.69, 9.17) is 11.6 Å². The fourth-order valence-electron chi connectivity index (χ4n) is 2.31. The van der Waals surface area contributed by atoms with Crippen LogP contribution in [0.25, 0.3) is 0 Å². The molecule has 0 saturated heterocycles. The van der Waals surface area contributed by atoms with Crippen molar-refractivity contribution >= 4 is 17.4 Å². The number of aryl methyl sites for hydroxylation is 1. The average Bonchev–Trinajstić information content (AvgIpc) is 2.76. The van der Waals surface area contributed by atoms with Gasteiger partial charge in [-0.05, 0) is 37.3 Å². The van der Waals surface area contributed by atoms with Gasteiger partial charge >= 0.3 is 0 Å². The quantitative estimate of drug-likeness (QED) is 0.622. The van der Waals surface area contributed by atoms with Gasteiger partial charge in [-0.1, -0.05) is 26.2 Å². The number of fused-ring (bicyclic) bond motifs is 1. The summed E-state index contributed by atoms with van der Waals surface area (Å²) < 4.78 is 0. The summed E-state index contributed by atoms with van der Waals surface area (Å²) in [4.78, 5) is 8.59. The lowest BCUT2D eigenvalue weighted by Gasteiger charge is -2.10. The minimum Gasteiger partial charge on any atom is -0.370 e.